The van der Waals surface area contributed by atoms with Gasteiger partial charge in [-0.1, -0.05) is 167 Å². The predicted octanol–water partition coefficient (Wildman–Crippen LogP) is 18.6. The molecule has 0 bridgehead atoms. The number of rotatable bonds is 6. The minimum absolute atomic E-state index is 0.141. The van der Waals surface area contributed by atoms with Gasteiger partial charge >= 0.3 is 0 Å². The van der Waals surface area contributed by atoms with Crippen molar-refractivity contribution in [3.63, 3.8) is 0 Å². The molecule has 0 radical (unpaired) electrons. The Kier molecular flexibility index (Phi) is 9.14. The van der Waals surface area contributed by atoms with Crippen molar-refractivity contribution in [2.45, 2.75) is 52.4 Å². The van der Waals surface area contributed by atoms with Crippen LogP contribution in [0.25, 0.3) is 112 Å². The van der Waals surface area contributed by atoms with Crippen molar-refractivity contribution in [2.24, 2.45) is 0 Å². The highest BCUT2D eigenvalue weighted by atomic mass is 15.0. The van der Waals surface area contributed by atoms with Gasteiger partial charge in [0.05, 0.1) is 22.1 Å². The average Bonchev–Trinajstić information content (AvgIpc) is 4.06. The zero-order valence-electron chi connectivity index (χ0n) is 41.7. The van der Waals surface area contributed by atoms with Crippen LogP contribution in [0, 0.1) is 13.8 Å². The summed E-state index contributed by atoms with van der Waals surface area (Å²) < 4.78 is 4.80. The summed E-state index contributed by atoms with van der Waals surface area (Å²) in [6.45, 7) is 14.0. The van der Waals surface area contributed by atoms with E-state index in [2.05, 4.69) is 269 Å². The number of aryl methyl sites for hydroxylation is 2. The van der Waals surface area contributed by atoms with Crippen LogP contribution in [0.2, 0.25) is 0 Å². The Labute approximate surface area is 421 Å². The van der Waals surface area contributed by atoms with Gasteiger partial charge < -0.3 is 9.13 Å². The predicted molar refractivity (Wildman–Crippen MR) is 306 cm³/mol. The van der Waals surface area contributed by atoms with Crippen LogP contribution in [-0.4, -0.2) is 9.13 Å². The standard InChI is InChI=1S/C70H54N2/c1-43-34-44(2)36-52(35-43)72-66-19-13-11-17-56(66)60-39-49(29-33-68(60)72)50-27-31-54-58-42-63-57(41-64(58)70(5,6)62(54)40-50)53-30-24-46(37-61(53)69(63,3)4)21-20-45-22-25-47(26-23-45)48-28-32-67-59(38-48)55-16-10-12-18-65(55)71(67)51-14-8-7-9-15-51/h7-42H,1-6H3/b21-20+. The molecule has 72 heavy (non-hydrogen) atoms. The van der Waals surface area contributed by atoms with E-state index in [0.717, 1.165) is 0 Å². The molecule has 2 heteroatoms. The molecule has 0 amide bonds. The summed E-state index contributed by atoms with van der Waals surface area (Å²) in [5.74, 6) is 0. The van der Waals surface area contributed by atoms with E-state index in [-0.39, 0.29) is 10.8 Å². The highest BCUT2D eigenvalue weighted by Crippen LogP contribution is 2.57. The van der Waals surface area contributed by atoms with Gasteiger partial charge in [-0.15, -0.1) is 0 Å². The Morgan fingerprint density at radius 2 is 0.736 bits per heavy atom. The third kappa shape index (κ3) is 6.35. The maximum absolute atomic E-state index is 2.53. The Balaban J connectivity index is 0.747. The van der Waals surface area contributed by atoms with E-state index in [0.29, 0.717) is 0 Å². The average molecular weight is 923 g/mol. The monoisotopic (exact) mass is 922 g/mol. The third-order valence-electron chi connectivity index (χ3n) is 16.4. The Morgan fingerprint density at radius 1 is 0.306 bits per heavy atom. The number of fused-ring (bicyclic) bond motifs is 12. The molecule has 2 nitrogen and oxygen atoms in total. The molecule has 0 atom stereocenters. The normalized spacial score (nSPS) is 14.1. The number of para-hydroxylation sites is 3. The molecule has 0 spiro atoms. The van der Waals surface area contributed by atoms with E-state index in [1.165, 1.54) is 144 Å². The zero-order chi connectivity index (χ0) is 48.6. The molecule has 0 unspecified atom stereocenters. The lowest BCUT2D eigenvalue weighted by Gasteiger charge is -2.24. The first kappa shape index (κ1) is 42.4. The highest BCUT2D eigenvalue weighted by molar-refractivity contribution is 6.12. The van der Waals surface area contributed by atoms with Crippen molar-refractivity contribution in [1.82, 2.24) is 9.13 Å². The summed E-state index contributed by atoms with van der Waals surface area (Å²) in [7, 11) is 0. The van der Waals surface area contributed by atoms with Crippen LogP contribution < -0.4 is 0 Å². The second-order valence-corrected chi connectivity index (χ2v) is 21.6. The Hall–Kier alpha value is -8.46. The van der Waals surface area contributed by atoms with Gasteiger partial charge in [-0.3, -0.25) is 0 Å². The fraction of sp³-hybridized carbons (Fsp3) is 0.114. The van der Waals surface area contributed by atoms with Crippen molar-refractivity contribution in [3.05, 3.63) is 251 Å². The van der Waals surface area contributed by atoms with Gasteiger partial charge in [-0.05, 0) is 182 Å². The lowest BCUT2D eigenvalue weighted by molar-refractivity contribution is 0.652. The van der Waals surface area contributed by atoms with E-state index in [1.807, 2.05) is 0 Å². The highest BCUT2D eigenvalue weighted by Gasteiger charge is 2.42. The van der Waals surface area contributed by atoms with Crippen LogP contribution in [0.1, 0.15) is 72.2 Å². The molecule has 0 saturated heterocycles. The number of aromatic nitrogens is 2. The summed E-state index contributed by atoms with van der Waals surface area (Å²) in [5.41, 5.74) is 28.0. The smallest absolute Gasteiger partial charge is 0.0541 e. The third-order valence-corrected chi connectivity index (χ3v) is 16.4. The first-order valence-electron chi connectivity index (χ1n) is 25.5. The van der Waals surface area contributed by atoms with Crippen molar-refractivity contribution in [1.29, 1.82) is 0 Å². The van der Waals surface area contributed by atoms with E-state index in [9.17, 15) is 0 Å². The molecule has 2 heterocycles. The Bertz CT molecular complexity index is 4240. The van der Waals surface area contributed by atoms with E-state index in [1.54, 1.807) is 0 Å². The molecule has 0 fully saturated rings. The minimum atomic E-state index is -0.153. The van der Waals surface area contributed by atoms with Crippen LogP contribution in [0.4, 0.5) is 0 Å². The van der Waals surface area contributed by atoms with E-state index in [4.69, 9.17) is 0 Å². The molecule has 0 saturated carbocycles. The van der Waals surface area contributed by atoms with Gasteiger partial charge in [0, 0.05) is 43.7 Å². The molecule has 2 aliphatic carbocycles. The Morgan fingerprint density at radius 3 is 1.35 bits per heavy atom. The first-order valence-corrected chi connectivity index (χ1v) is 25.5. The number of benzene rings is 10. The van der Waals surface area contributed by atoms with E-state index < -0.39 is 0 Å². The molecule has 2 aromatic heterocycles. The van der Waals surface area contributed by atoms with Gasteiger partial charge in [0.1, 0.15) is 0 Å². The van der Waals surface area contributed by atoms with Crippen LogP contribution >= 0.6 is 0 Å². The molecule has 0 N–H and O–H groups in total. The van der Waals surface area contributed by atoms with E-state index >= 15 is 0 Å². The molecule has 0 aliphatic heterocycles. The zero-order valence-corrected chi connectivity index (χ0v) is 41.7. The summed E-state index contributed by atoms with van der Waals surface area (Å²) in [6.07, 6.45) is 4.53. The van der Waals surface area contributed by atoms with Crippen molar-refractivity contribution in [3.8, 4) is 55.9 Å². The molecule has 12 aromatic rings. The number of nitrogens with zero attached hydrogens (tertiary/aromatic N) is 2. The summed E-state index contributed by atoms with van der Waals surface area (Å²) >= 11 is 0. The fourth-order valence-corrected chi connectivity index (χ4v) is 12.8. The van der Waals surface area contributed by atoms with Crippen LogP contribution in [0.3, 0.4) is 0 Å². The maximum atomic E-state index is 2.53. The molecule has 10 aromatic carbocycles. The maximum Gasteiger partial charge on any atom is 0.0541 e. The SMILES string of the molecule is Cc1cc(C)cc(-n2c3ccccc3c3cc(-c4ccc5c(c4)C(C)(C)c4cc6c(cc4-5)C(C)(C)c4cc(/C=C/c5ccc(-c7ccc8c(c7)c7ccccc7n8-c7ccccc7)cc5)ccc4-6)ccc32)c1. The quantitative estimate of drug-likeness (QED) is 0.147. The second-order valence-electron chi connectivity index (χ2n) is 21.6. The lowest BCUT2D eigenvalue weighted by atomic mass is 9.79. The summed E-state index contributed by atoms with van der Waals surface area (Å²) in [4.78, 5) is 0. The van der Waals surface area contributed by atoms with Crippen molar-refractivity contribution >= 4 is 55.8 Å². The van der Waals surface area contributed by atoms with Gasteiger partial charge in [0.15, 0.2) is 0 Å². The van der Waals surface area contributed by atoms with Gasteiger partial charge in [-0.2, -0.15) is 0 Å². The molecule has 14 rings (SSSR count). The molecule has 2 aliphatic rings. The van der Waals surface area contributed by atoms with Crippen LogP contribution in [-0.2, 0) is 10.8 Å². The topological polar surface area (TPSA) is 9.86 Å². The molecular weight excluding hydrogens is 869 g/mol. The molecular formula is C70H54N2. The van der Waals surface area contributed by atoms with Crippen LogP contribution in [0.5, 0.6) is 0 Å². The van der Waals surface area contributed by atoms with Gasteiger partial charge in [0.25, 0.3) is 0 Å². The van der Waals surface area contributed by atoms with Gasteiger partial charge in [0.2, 0.25) is 0 Å². The minimum Gasteiger partial charge on any atom is -0.309 e. The summed E-state index contributed by atoms with van der Waals surface area (Å²) in [6, 6.07) is 77.4. The van der Waals surface area contributed by atoms with Crippen molar-refractivity contribution < 1.29 is 0 Å². The summed E-state index contributed by atoms with van der Waals surface area (Å²) in [5, 5.41) is 5.10. The lowest BCUT2D eigenvalue weighted by Crippen LogP contribution is -2.17. The fourth-order valence-electron chi connectivity index (χ4n) is 12.8. The number of hydrogen-bond acceptors (Lipinski definition) is 0. The second kappa shape index (κ2) is 15.5. The largest absolute Gasteiger partial charge is 0.309 e. The van der Waals surface area contributed by atoms with Gasteiger partial charge in [-0.25, -0.2) is 0 Å². The van der Waals surface area contributed by atoms with Crippen LogP contribution in [0.15, 0.2) is 206 Å². The molecule has 344 valence electrons. The first-order chi connectivity index (χ1) is 35.0. The number of hydrogen-bond donors (Lipinski definition) is 0. The van der Waals surface area contributed by atoms with Crippen molar-refractivity contribution in [2.75, 3.05) is 0 Å².